The second-order valence-electron chi connectivity index (χ2n) is 6.11. The molecule has 0 aromatic heterocycles. The van der Waals surface area contributed by atoms with Crippen molar-refractivity contribution < 1.29 is 33.4 Å². The topological polar surface area (TPSA) is 93.1 Å². The predicted molar refractivity (Wildman–Crippen MR) is 112 cm³/mol. The zero-order chi connectivity index (χ0) is 21.8. The Morgan fingerprint density at radius 3 is 2.60 bits per heavy atom. The Labute approximate surface area is 183 Å². The maximum Gasteiger partial charge on any atom is 0.341 e. The number of carbonyl (C=O) groups excluding carboxylic acids is 2. The molecule has 0 unspecified atom stereocenters. The molecule has 1 fully saturated rings. The molecule has 10 heteroatoms. The van der Waals surface area contributed by atoms with Crippen LogP contribution in [0, 0.1) is 5.82 Å². The average Bonchev–Trinajstić information content (AvgIpc) is 2.95. The second-order valence-corrected chi connectivity index (χ2v) is 7.96. The van der Waals surface area contributed by atoms with E-state index in [2.05, 4.69) is 15.9 Å². The van der Waals surface area contributed by atoms with Crippen LogP contribution in [0.4, 0.5) is 9.18 Å². The molecular weight excluding hydrogens is 481 g/mol. The van der Waals surface area contributed by atoms with Crippen molar-refractivity contribution in [1.82, 2.24) is 4.90 Å². The lowest BCUT2D eigenvalue weighted by Crippen LogP contribution is -2.27. The minimum Gasteiger partial charge on any atom is -0.493 e. The molecule has 0 aliphatic carbocycles. The number of carboxylic acids is 1. The Hall–Kier alpha value is -2.85. The molecule has 1 saturated heterocycles. The summed E-state index contributed by atoms with van der Waals surface area (Å²) in [6, 6.07) is 8.74. The third-order valence-corrected chi connectivity index (χ3v) is 5.51. The van der Waals surface area contributed by atoms with E-state index in [-0.39, 0.29) is 22.9 Å². The highest BCUT2D eigenvalue weighted by Crippen LogP contribution is 2.39. The van der Waals surface area contributed by atoms with E-state index < -0.39 is 29.5 Å². The molecule has 1 heterocycles. The molecule has 2 aromatic carbocycles. The first-order valence-electron chi connectivity index (χ1n) is 8.50. The lowest BCUT2D eigenvalue weighted by atomic mass is 10.1. The van der Waals surface area contributed by atoms with Crippen molar-refractivity contribution in [1.29, 1.82) is 0 Å². The Morgan fingerprint density at radius 1 is 1.27 bits per heavy atom. The molecule has 3 rings (SSSR count). The Balaban J connectivity index is 1.83. The Bertz CT molecular complexity index is 1040. The zero-order valence-corrected chi connectivity index (χ0v) is 18.0. The number of ether oxygens (including phenoxy) is 2. The van der Waals surface area contributed by atoms with Gasteiger partial charge in [0.2, 0.25) is 0 Å². The highest BCUT2D eigenvalue weighted by Gasteiger charge is 2.35. The molecular formula is C20H15BrFNO6S. The van der Waals surface area contributed by atoms with E-state index in [0.29, 0.717) is 15.6 Å². The van der Waals surface area contributed by atoms with Crippen molar-refractivity contribution in [2.24, 2.45) is 0 Å². The molecule has 1 aliphatic heterocycles. The van der Waals surface area contributed by atoms with E-state index in [4.69, 9.17) is 14.6 Å². The van der Waals surface area contributed by atoms with Crippen LogP contribution in [0.2, 0.25) is 0 Å². The van der Waals surface area contributed by atoms with Gasteiger partial charge < -0.3 is 14.6 Å². The number of benzene rings is 2. The summed E-state index contributed by atoms with van der Waals surface area (Å²) in [4.78, 5) is 37.0. The van der Waals surface area contributed by atoms with Crippen molar-refractivity contribution in [3.05, 3.63) is 62.7 Å². The third-order valence-electron chi connectivity index (χ3n) is 4.02. The highest BCUT2D eigenvalue weighted by atomic mass is 79.9. The van der Waals surface area contributed by atoms with Gasteiger partial charge in [0.15, 0.2) is 18.1 Å². The van der Waals surface area contributed by atoms with Gasteiger partial charge >= 0.3 is 5.97 Å². The van der Waals surface area contributed by atoms with E-state index in [1.165, 1.54) is 37.5 Å². The van der Waals surface area contributed by atoms with Gasteiger partial charge in [0.1, 0.15) is 5.82 Å². The number of halogens is 2. The maximum atomic E-state index is 13.1. The second kappa shape index (κ2) is 9.31. The highest BCUT2D eigenvalue weighted by molar-refractivity contribution is 9.10. The van der Waals surface area contributed by atoms with Gasteiger partial charge in [0, 0.05) is 0 Å². The van der Waals surface area contributed by atoms with Crippen LogP contribution in [0.5, 0.6) is 11.5 Å². The zero-order valence-electron chi connectivity index (χ0n) is 15.6. The van der Waals surface area contributed by atoms with E-state index in [9.17, 15) is 18.8 Å². The summed E-state index contributed by atoms with van der Waals surface area (Å²) in [6.45, 7) is -0.506. The number of amides is 2. The fraction of sp³-hybridized carbons (Fsp3) is 0.150. The first-order valence-corrected chi connectivity index (χ1v) is 10.1. The minimum absolute atomic E-state index is 0.0390. The number of rotatable bonds is 7. The fourth-order valence-corrected chi connectivity index (χ4v) is 4.07. The van der Waals surface area contributed by atoms with Crippen LogP contribution >= 0.6 is 27.7 Å². The normalized spacial score (nSPS) is 15.0. The average molecular weight is 496 g/mol. The molecule has 0 saturated carbocycles. The van der Waals surface area contributed by atoms with Gasteiger partial charge in [-0.25, -0.2) is 9.18 Å². The molecule has 1 aliphatic rings. The van der Waals surface area contributed by atoms with Crippen LogP contribution in [0.1, 0.15) is 11.1 Å². The number of carbonyl (C=O) groups is 3. The summed E-state index contributed by atoms with van der Waals surface area (Å²) in [5.74, 6) is -1.52. The smallest absolute Gasteiger partial charge is 0.341 e. The summed E-state index contributed by atoms with van der Waals surface area (Å²) in [6.07, 6.45) is 1.53. The Morgan fingerprint density at radius 2 is 1.97 bits per heavy atom. The SMILES string of the molecule is COc1cc(/C=C2\SC(=O)N(Cc3ccc(F)cc3)C2=O)cc(Br)c1OCC(=O)O. The third kappa shape index (κ3) is 5.00. The lowest BCUT2D eigenvalue weighted by molar-refractivity contribution is -0.139. The Kier molecular flexibility index (Phi) is 6.78. The van der Waals surface area contributed by atoms with Crippen LogP contribution < -0.4 is 9.47 Å². The quantitative estimate of drug-likeness (QED) is 0.572. The molecule has 0 spiro atoms. The molecule has 0 bridgehead atoms. The summed E-state index contributed by atoms with van der Waals surface area (Å²) >= 11 is 4.10. The molecule has 2 amide bonds. The first-order chi connectivity index (χ1) is 14.3. The van der Waals surface area contributed by atoms with Crippen LogP contribution in [-0.2, 0) is 16.1 Å². The van der Waals surface area contributed by atoms with E-state index in [0.717, 1.165) is 16.7 Å². The van der Waals surface area contributed by atoms with Gasteiger partial charge in [-0.2, -0.15) is 0 Å². The number of hydrogen-bond acceptors (Lipinski definition) is 6. The van der Waals surface area contributed by atoms with Crippen LogP contribution in [0.15, 0.2) is 45.8 Å². The number of hydrogen-bond donors (Lipinski definition) is 1. The summed E-state index contributed by atoms with van der Waals surface area (Å²) in [5, 5.41) is 8.36. The van der Waals surface area contributed by atoms with E-state index in [1.807, 2.05) is 0 Å². The predicted octanol–water partition coefficient (Wildman–Crippen LogP) is 4.30. The monoisotopic (exact) mass is 495 g/mol. The molecule has 7 nitrogen and oxygen atoms in total. The van der Waals surface area contributed by atoms with Crippen molar-refractivity contribution in [3.63, 3.8) is 0 Å². The van der Waals surface area contributed by atoms with Crippen LogP contribution in [-0.4, -0.2) is 40.8 Å². The summed E-state index contributed by atoms with van der Waals surface area (Å²) < 4.78 is 24.0. The molecule has 30 heavy (non-hydrogen) atoms. The number of aliphatic carboxylic acids is 1. The number of thioether (sulfide) groups is 1. The fourth-order valence-electron chi connectivity index (χ4n) is 2.66. The maximum absolute atomic E-state index is 13.1. The van der Waals surface area contributed by atoms with Crippen LogP contribution in [0.3, 0.4) is 0 Å². The van der Waals surface area contributed by atoms with Gasteiger partial charge in [-0.15, -0.1) is 0 Å². The molecule has 2 aromatic rings. The lowest BCUT2D eigenvalue weighted by Gasteiger charge is -2.13. The number of imide groups is 1. The van der Waals surface area contributed by atoms with Gasteiger partial charge in [-0.05, 0) is 69.2 Å². The molecule has 0 radical (unpaired) electrons. The van der Waals surface area contributed by atoms with Crippen LogP contribution in [0.25, 0.3) is 6.08 Å². The van der Waals surface area contributed by atoms with Crippen molar-refractivity contribution in [3.8, 4) is 11.5 Å². The van der Waals surface area contributed by atoms with Crippen molar-refractivity contribution >= 4 is 50.9 Å². The molecule has 1 N–H and O–H groups in total. The van der Waals surface area contributed by atoms with Gasteiger partial charge in [0.25, 0.3) is 11.1 Å². The minimum atomic E-state index is -1.14. The number of methoxy groups -OCH3 is 1. The van der Waals surface area contributed by atoms with E-state index >= 15 is 0 Å². The first kappa shape index (κ1) is 21.8. The summed E-state index contributed by atoms with van der Waals surface area (Å²) in [5.41, 5.74) is 1.18. The van der Waals surface area contributed by atoms with Gasteiger partial charge in [0.05, 0.1) is 23.0 Å². The van der Waals surface area contributed by atoms with Gasteiger partial charge in [-0.1, -0.05) is 12.1 Å². The number of nitrogens with zero attached hydrogens (tertiary/aromatic N) is 1. The largest absolute Gasteiger partial charge is 0.493 e. The van der Waals surface area contributed by atoms with Gasteiger partial charge in [-0.3, -0.25) is 14.5 Å². The van der Waals surface area contributed by atoms with E-state index in [1.54, 1.807) is 12.1 Å². The summed E-state index contributed by atoms with van der Waals surface area (Å²) in [7, 11) is 1.40. The molecule has 156 valence electrons. The van der Waals surface area contributed by atoms with Crippen molar-refractivity contribution in [2.75, 3.05) is 13.7 Å². The number of carboxylic acid groups (broad SMARTS) is 1. The standard InChI is InChI=1S/C20H15BrFNO6S/c1-28-15-7-12(6-14(21)18(15)29-10-17(24)25)8-16-19(26)23(20(27)30-16)9-11-2-4-13(22)5-3-11/h2-8H,9-10H2,1H3,(H,24,25)/b16-8-. The van der Waals surface area contributed by atoms with Crippen molar-refractivity contribution in [2.45, 2.75) is 6.54 Å². The molecule has 0 atom stereocenters.